The number of piperazine rings is 1. The number of fused-ring (bicyclic) bond motifs is 1. The highest BCUT2D eigenvalue weighted by Gasteiger charge is 2.24. The second kappa shape index (κ2) is 9.65. The molecule has 2 heterocycles. The maximum atomic E-state index is 13.6. The third kappa shape index (κ3) is 4.39. The third-order valence-electron chi connectivity index (χ3n) is 6.38. The van der Waals surface area contributed by atoms with E-state index < -0.39 is 4.92 Å². The summed E-state index contributed by atoms with van der Waals surface area (Å²) in [5.74, 6) is 0. The van der Waals surface area contributed by atoms with E-state index in [0.717, 1.165) is 24.0 Å². The van der Waals surface area contributed by atoms with Gasteiger partial charge in [-0.3, -0.25) is 19.8 Å². The van der Waals surface area contributed by atoms with Crippen LogP contribution in [0, 0.1) is 10.1 Å². The van der Waals surface area contributed by atoms with E-state index in [1.165, 1.54) is 16.8 Å². The molecule has 1 fully saturated rings. The predicted molar refractivity (Wildman–Crippen MR) is 135 cm³/mol. The van der Waals surface area contributed by atoms with Crippen LogP contribution in [0.1, 0.15) is 0 Å². The highest BCUT2D eigenvalue weighted by molar-refractivity contribution is 5.94. The number of aliphatic hydroxyl groups excluding tert-OH is 1. The largest absolute Gasteiger partial charge is 0.395 e. The van der Waals surface area contributed by atoms with Gasteiger partial charge in [0.1, 0.15) is 0 Å². The third-order valence-corrected chi connectivity index (χ3v) is 6.38. The molecule has 0 radical (unpaired) electrons. The van der Waals surface area contributed by atoms with E-state index in [4.69, 9.17) is 5.10 Å². The average molecular weight is 472 g/mol. The van der Waals surface area contributed by atoms with Gasteiger partial charge in [-0.15, -0.1) is 0 Å². The number of benzene rings is 3. The van der Waals surface area contributed by atoms with Gasteiger partial charge in [0.05, 0.1) is 34.0 Å². The van der Waals surface area contributed by atoms with Crippen molar-refractivity contribution in [3.05, 3.63) is 93.3 Å². The van der Waals surface area contributed by atoms with Gasteiger partial charge in [0.15, 0.2) is 0 Å². The highest BCUT2D eigenvalue weighted by atomic mass is 16.6. The Morgan fingerprint density at radius 1 is 0.886 bits per heavy atom. The molecular formula is C26H25N5O4. The highest BCUT2D eigenvalue weighted by Crippen LogP contribution is 2.31. The number of non-ortho nitro benzene ring substituents is 1. The fourth-order valence-corrected chi connectivity index (χ4v) is 4.58. The van der Waals surface area contributed by atoms with Crippen LogP contribution in [0.5, 0.6) is 0 Å². The summed E-state index contributed by atoms with van der Waals surface area (Å²) < 4.78 is 1.30. The van der Waals surface area contributed by atoms with Crippen LogP contribution in [0.3, 0.4) is 0 Å². The van der Waals surface area contributed by atoms with Gasteiger partial charge >= 0.3 is 0 Å². The number of aromatic nitrogens is 2. The first-order valence-corrected chi connectivity index (χ1v) is 11.5. The zero-order valence-electron chi connectivity index (χ0n) is 19.1. The molecule has 1 aliphatic heterocycles. The second-order valence-electron chi connectivity index (χ2n) is 8.46. The molecule has 0 atom stereocenters. The minimum atomic E-state index is -0.462. The summed E-state index contributed by atoms with van der Waals surface area (Å²) in [4.78, 5) is 29.1. The SMILES string of the molecule is O=c1c2ccccc2c(-c2ccccc2)nn1-c1cc([N+](=O)[O-])ccc1N1CCN(CCO)CC1. The van der Waals surface area contributed by atoms with E-state index in [2.05, 4.69) is 9.80 Å². The molecule has 1 aromatic heterocycles. The molecule has 35 heavy (non-hydrogen) atoms. The average Bonchev–Trinajstić information content (AvgIpc) is 2.90. The van der Waals surface area contributed by atoms with Crippen LogP contribution in [0.15, 0.2) is 77.6 Å². The van der Waals surface area contributed by atoms with Crippen LogP contribution in [-0.2, 0) is 0 Å². The molecule has 9 heteroatoms. The quantitative estimate of drug-likeness (QED) is 0.340. The lowest BCUT2D eigenvalue weighted by molar-refractivity contribution is -0.384. The number of nitrogens with zero attached hydrogens (tertiary/aromatic N) is 5. The minimum absolute atomic E-state index is 0.0987. The molecule has 0 bridgehead atoms. The van der Waals surface area contributed by atoms with Gasteiger partial charge in [-0.1, -0.05) is 48.5 Å². The van der Waals surface area contributed by atoms with Crippen molar-refractivity contribution in [1.82, 2.24) is 14.7 Å². The summed E-state index contributed by atoms with van der Waals surface area (Å²) in [6.07, 6.45) is 0. The molecule has 4 aromatic rings. The van der Waals surface area contributed by atoms with Crippen molar-refractivity contribution in [2.45, 2.75) is 0 Å². The number of nitro groups is 1. The standard InChI is InChI=1S/C26H25N5O4/c32-17-16-28-12-14-29(15-13-28)23-11-10-20(31(34)35)18-24(23)30-26(33)22-9-5-4-8-21(22)25(27-30)19-6-2-1-3-7-19/h1-11,18,32H,12-17H2. The monoisotopic (exact) mass is 471 g/mol. The van der Waals surface area contributed by atoms with Crippen LogP contribution in [-0.4, -0.2) is 64.0 Å². The van der Waals surface area contributed by atoms with Crippen molar-refractivity contribution >= 4 is 22.1 Å². The Hall–Kier alpha value is -4.08. The van der Waals surface area contributed by atoms with Crippen molar-refractivity contribution < 1.29 is 10.0 Å². The fourth-order valence-electron chi connectivity index (χ4n) is 4.58. The van der Waals surface area contributed by atoms with Gasteiger partial charge in [0.25, 0.3) is 11.2 Å². The number of hydrogen-bond donors (Lipinski definition) is 1. The lowest BCUT2D eigenvalue weighted by Gasteiger charge is -2.36. The number of nitro benzene ring substituents is 1. The predicted octanol–water partition coefficient (Wildman–Crippen LogP) is 3.08. The van der Waals surface area contributed by atoms with Gasteiger partial charge in [-0.25, -0.2) is 0 Å². The second-order valence-corrected chi connectivity index (χ2v) is 8.46. The Labute approximate surface area is 201 Å². The van der Waals surface area contributed by atoms with Crippen molar-refractivity contribution in [3.63, 3.8) is 0 Å². The van der Waals surface area contributed by atoms with Gasteiger partial charge in [-0.05, 0) is 12.1 Å². The normalized spacial score (nSPS) is 14.4. The van der Waals surface area contributed by atoms with Crippen molar-refractivity contribution in [1.29, 1.82) is 0 Å². The molecule has 0 amide bonds. The molecule has 0 saturated carbocycles. The Bertz CT molecular complexity index is 1430. The Morgan fingerprint density at radius 2 is 1.57 bits per heavy atom. The number of anilines is 1. The van der Waals surface area contributed by atoms with E-state index in [1.54, 1.807) is 18.2 Å². The zero-order valence-corrected chi connectivity index (χ0v) is 19.1. The Balaban J connectivity index is 1.70. The molecule has 1 saturated heterocycles. The first-order chi connectivity index (χ1) is 17.1. The molecule has 178 valence electrons. The maximum Gasteiger partial charge on any atom is 0.279 e. The van der Waals surface area contributed by atoms with E-state index in [9.17, 15) is 20.0 Å². The van der Waals surface area contributed by atoms with E-state index in [1.807, 2.05) is 42.5 Å². The van der Waals surface area contributed by atoms with Gasteiger partial charge in [0.2, 0.25) is 0 Å². The topological polar surface area (TPSA) is 105 Å². The summed E-state index contributed by atoms with van der Waals surface area (Å²) in [6.45, 7) is 3.52. The van der Waals surface area contributed by atoms with Crippen LogP contribution in [0.2, 0.25) is 0 Å². The van der Waals surface area contributed by atoms with Crippen LogP contribution >= 0.6 is 0 Å². The van der Waals surface area contributed by atoms with Gasteiger partial charge in [-0.2, -0.15) is 9.78 Å². The molecule has 0 aliphatic carbocycles. The summed E-state index contributed by atoms with van der Waals surface area (Å²) in [5, 5.41) is 26.8. The van der Waals surface area contributed by atoms with E-state index in [-0.39, 0.29) is 17.9 Å². The zero-order chi connectivity index (χ0) is 24.4. The molecule has 0 spiro atoms. The fraction of sp³-hybridized carbons (Fsp3) is 0.231. The molecule has 1 N–H and O–H groups in total. The van der Waals surface area contributed by atoms with Crippen LogP contribution < -0.4 is 10.5 Å². The van der Waals surface area contributed by atoms with Crippen molar-refractivity contribution in [2.75, 3.05) is 44.2 Å². The Morgan fingerprint density at radius 3 is 2.26 bits per heavy atom. The van der Waals surface area contributed by atoms with Crippen molar-refractivity contribution in [2.24, 2.45) is 0 Å². The number of rotatable bonds is 6. The summed E-state index contributed by atoms with van der Waals surface area (Å²) in [5.41, 5.74) is 2.13. The smallest absolute Gasteiger partial charge is 0.279 e. The number of aliphatic hydroxyl groups is 1. The van der Waals surface area contributed by atoms with E-state index in [0.29, 0.717) is 42.1 Å². The number of β-amino-alcohol motifs (C(OH)–C–C–N with tert-alkyl or cyclic N) is 1. The molecule has 3 aromatic carbocycles. The summed E-state index contributed by atoms with van der Waals surface area (Å²) in [7, 11) is 0. The van der Waals surface area contributed by atoms with Gasteiger partial charge < -0.3 is 10.0 Å². The molecule has 5 rings (SSSR count). The Kier molecular flexibility index (Phi) is 6.26. The first kappa shape index (κ1) is 22.7. The van der Waals surface area contributed by atoms with Gasteiger partial charge in [0, 0.05) is 55.8 Å². The maximum absolute atomic E-state index is 13.6. The van der Waals surface area contributed by atoms with E-state index >= 15 is 0 Å². The van der Waals surface area contributed by atoms with Crippen molar-refractivity contribution in [3.8, 4) is 16.9 Å². The first-order valence-electron chi connectivity index (χ1n) is 11.5. The van der Waals surface area contributed by atoms with Crippen LogP contribution in [0.4, 0.5) is 11.4 Å². The van der Waals surface area contributed by atoms with Crippen LogP contribution in [0.25, 0.3) is 27.7 Å². The lowest BCUT2D eigenvalue weighted by atomic mass is 10.0. The molecule has 9 nitrogen and oxygen atoms in total. The number of hydrogen-bond acceptors (Lipinski definition) is 7. The molecule has 0 unspecified atom stereocenters. The minimum Gasteiger partial charge on any atom is -0.395 e. The summed E-state index contributed by atoms with van der Waals surface area (Å²) >= 11 is 0. The molecular weight excluding hydrogens is 446 g/mol. The summed E-state index contributed by atoms with van der Waals surface area (Å²) in [6, 6.07) is 21.5. The molecule has 1 aliphatic rings. The lowest BCUT2D eigenvalue weighted by Crippen LogP contribution is -2.47.